The second-order valence-corrected chi connectivity index (χ2v) is 6.44. The van der Waals surface area contributed by atoms with Crippen LogP contribution in [0.3, 0.4) is 0 Å². The molecule has 0 saturated heterocycles. The topological polar surface area (TPSA) is 63.0 Å². The standard InChI is InChI=1S/C23H20FNO5/c1-26-18-9-8-13(10-16(18)24)23-25-17-7-5-6-15(21(17)30-23)14-11-19(27-2)22(29-4)20(12-14)28-3/h5-12H,1-4H3. The summed E-state index contributed by atoms with van der Waals surface area (Å²) in [5, 5.41) is 0. The van der Waals surface area contributed by atoms with Crippen molar-refractivity contribution in [1.82, 2.24) is 4.98 Å². The van der Waals surface area contributed by atoms with Crippen molar-refractivity contribution in [2.45, 2.75) is 0 Å². The Morgan fingerprint density at radius 1 is 0.767 bits per heavy atom. The van der Waals surface area contributed by atoms with Gasteiger partial charge in [0.15, 0.2) is 28.6 Å². The fourth-order valence-electron chi connectivity index (χ4n) is 3.34. The van der Waals surface area contributed by atoms with Crippen LogP contribution < -0.4 is 18.9 Å². The first kappa shape index (κ1) is 19.6. The molecule has 0 aliphatic heterocycles. The molecule has 4 aromatic rings. The van der Waals surface area contributed by atoms with Gasteiger partial charge in [-0.15, -0.1) is 0 Å². The van der Waals surface area contributed by atoms with Gasteiger partial charge in [0.25, 0.3) is 0 Å². The maximum atomic E-state index is 14.1. The van der Waals surface area contributed by atoms with Crippen molar-refractivity contribution in [3.63, 3.8) is 0 Å². The first-order valence-electron chi connectivity index (χ1n) is 9.13. The van der Waals surface area contributed by atoms with Crippen molar-refractivity contribution in [2.24, 2.45) is 0 Å². The monoisotopic (exact) mass is 409 g/mol. The van der Waals surface area contributed by atoms with Gasteiger partial charge < -0.3 is 23.4 Å². The molecular weight excluding hydrogens is 389 g/mol. The maximum Gasteiger partial charge on any atom is 0.227 e. The highest BCUT2D eigenvalue weighted by Gasteiger charge is 2.18. The zero-order valence-electron chi connectivity index (χ0n) is 17.0. The minimum absolute atomic E-state index is 0.160. The van der Waals surface area contributed by atoms with E-state index in [1.165, 1.54) is 13.2 Å². The van der Waals surface area contributed by atoms with E-state index in [1.54, 1.807) is 33.5 Å². The Labute approximate surface area is 172 Å². The molecule has 0 N–H and O–H groups in total. The van der Waals surface area contributed by atoms with Gasteiger partial charge in [-0.25, -0.2) is 9.37 Å². The molecule has 7 heteroatoms. The summed E-state index contributed by atoms with van der Waals surface area (Å²) in [6.45, 7) is 0. The highest BCUT2D eigenvalue weighted by atomic mass is 19.1. The van der Waals surface area contributed by atoms with Crippen molar-refractivity contribution in [2.75, 3.05) is 28.4 Å². The number of oxazole rings is 1. The van der Waals surface area contributed by atoms with Crippen LogP contribution in [0.4, 0.5) is 4.39 Å². The maximum absolute atomic E-state index is 14.1. The molecule has 154 valence electrons. The molecule has 0 amide bonds. The van der Waals surface area contributed by atoms with Gasteiger partial charge in [0.2, 0.25) is 11.6 Å². The molecule has 0 bridgehead atoms. The average molecular weight is 409 g/mol. The highest BCUT2D eigenvalue weighted by molar-refractivity contribution is 5.92. The van der Waals surface area contributed by atoms with E-state index in [0.29, 0.717) is 39.8 Å². The summed E-state index contributed by atoms with van der Waals surface area (Å²) in [6, 6.07) is 13.9. The van der Waals surface area contributed by atoms with Crippen LogP contribution in [0.15, 0.2) is 52.9 Å². The number of hydrogen-bond donors (Lipinski definition) is 0. The van der Waals surface area contributed by atoms with Crippen LogP contribution in [-0.2, 0) is 0 Å². The molecule has 30 heavy (non-hydrogen) atoms. The molecule has 1 aromatic heterocycles. The lowest BCUT2D eigenvalue weighted by atomic mass is 10.0. The second-order valence-electron chi connectivity index (χ2n) is 6.44. The van der Waals surface area contributed by atoms with Gasteiger partial charge in [0, 0.05) is 11.1 Å². The van der Waals surface area contributed by atoms with Gasteiger partial charge in [-0.05, 0) is 42.0 Å². The second kappa shape index (κ2) is 7.94. The lowest BCUT2D eigenvalue weighted by Crippen LogP contribution is -1.95. The van der Waals surface area contributed by atoms with Gasteiger partial charge in [0.1, 0.15) is 5.52 Å². The first-order valence-corrected chi connectivity index (χ1v) is 9.13. The highest BCUT2D eigenvalue weighted by Crippen LogP contribution is 2.43. The Morgan fingerprint density at radius 3 is 2.07 bits per heavy atom. The van der Waals surface area contributed by atoms with Crippen molar-refractivity contribution >= 4 is 11.1 Å². The number of rotatable bonds is 6. The number of para-hydroxylation sites is 1. The number of hydrogen-bond acceptors (Lipinski definition) is 6. The first-order chi connectivity index (χ1) is 14.6. The zero-order chi connectivity index (χ0) is 21.3. The van der Waals surface area contributed by atoms with Gasteiger partial charge in [-0.1, -0.05) is 12.1 Å². The molecule has 0 aliphatic carbocycles. The van der Waals surface area contributed by atoms with Crippen LogP contribution in [-0.4, -0.2) is 33.4 Å². The molecule has 0 unspecified atom stereocenters. The lowest BCUT2D eigenvalue weighted by Gasteiger charge is -2.14. The molecule has 0 aliphatic rings. The minimum Gasteiger partial charge on any atom is -0.494 e. The van der Waals surface area contributed by atoms with Crippen LogP contribution in [0.1, 0.15) is 0 Å². The van der Waals surface area contributed by atoms with E-state index in [0.717, 1.165) is 11.1 Å². The van der Waals surface area contributed by atoms with E-state index in [9.17, 15) is 4.39 Å². The normalized spacial score (nSPS) is 10.8. The molecule has 0 radical (unpaired) electrons. The largest absolute Gasteiger partial charge is 0.494 e. The molecule has 1 heterocycles. The predicted molar refractivity (Wildman–Crippen MR) is 111 cm³/mol. The van der Waals surface area contributed by atoms with Crippen molar-refractivity contribution in [3.8, 4) is 45.6 Å². The summed E-state index contributed by atoms with van der Waals surface area (Å²) >= 11 is 0. The van der Waals surface area contributed by atoms with E-state index in [-0.39, 0.29) is 5.75 Å². The molecule has 0 saturated carbocycles. The Balaban J connectivity index is 1.87. The fraction of sp³-hybridized carbons (Fsp3) is 0.174. The Kier molecular flexibility index (Phi) is 5.18. The zero-order valence-corrected chi connectivity index (χ0v) is 17.0. The molecular formula is C23H20FNO5. The Morgan fingerprint density at radius 2 is 1.47 bits per heavy atom. The molecule has 6 nitrogen and oxygen atoms in total. The van der Waals surface area contributed by atoms with Crippen molar-refractivity contribution in [3.05, 3.63) is 54.3 Å². The van der Waals surface area contributed by atoms with E-state index >= 15 is 0 Å². The van der Waals surface area contributed by atoms with Crippen molar-refractivity contribution in [1.29, 1.82) is 0 Å². The van der Waals surface area contributed by atoms with Crippen LogP contribution in [0.2, 0.25) is 0 Å². The lowest BCUT2D eigenvalue weighted by molar-refractivity contribution is 0.324. The van der Waals surface area contributed by atoms with Crippen LogP contribution in [0.25, 0.3) is 33.7 Å². The SMILES string of the molecule is COc1ccc(-c2nc3cccc(-c4cc(OC)c(OC)c(OC)c4)c3o2)cc1F. The number of fused-ring (bicyclic) bond motifs is 1. The number of halogens is 1. The summed E-state index contributed by atoms with van der Waals surface area (Å²) in [5.74, 6) is 1.55. The van der Waals surface area contributed by atoms with Crippen LogP contribution in [0, 0.1) is 5.82 Å². The molecule has 0 fully saturated rings. The summed E-state index contributed by atoms with van der Waals surface area (Å²) in [6.07, 6.45) is 0. The molecule has 0 spiro atoms. The Bertz CT molecular complexity index is 1190. The number of aromatic nitrogens is 1. The van der Waals surface area contributed by atoms with Crippen LogP contribution >= 0.6 is 0 Å². The molecule has 3 aromatic carbocycles. The van der Waals surface area contributed by atoms with Crippen LogP contribution in [0.5, 0.6) is 23.0 Å². The van der Waals surface area contributed by atoms with E-state index < -0.39 is 5.82 Å². The third-order valence-electron chi connectivity index (χ3n) is 4.79. The number of methoxy groups -OCH3 is 4. The number of benzene rings is 3. The summed E-state index contributed by atoms with van der Waals surface area (Å²) in [4.78, 5) is 4.52. The fourth-order valence-corrected chi connectivity index (χ4v) is 3.34. The van der Waals surface area contributed by atoms with E-state index in [2.05, 4.69) is 4.98 Å². The number of ether oxygens (including phenoxy) is 4. The van der Waals surface area contributed by atoms with Gasteiger partial charge in [0.05, 0.1) is 28.4 Å². The Hall–Kier alpha value is -3.74. The van der Waals surface area contributed by atoms with Gasteiger partial charge in [-0.2, -0.15) is 0 Å². The third kappa shape index (κ3) is 3.28. The quantitative estimate of drug-likeness (QED) is 0.429. The molecule has 4 rings (SSSR count). The average Bonchev–Trinajstić information content (AvgIpc) is 3.22. The van der Waals surface area contributed by atoms with Gasteiger partial charge >= 0.3 is 0 Å². The van der Waals surface area contributed by atoms with E-state index in [1.807, 2.05) is 30.3 Å². The van der Waals surface area contributed by atoms with Crippen molar-refractivity contribution < 1.29 is 27.8 Å². The summed E-state index contributed by atoms with van der Waals surface area (Å²) in [7, 11) is 6.09. The minimum atomic E-state index is -0.484. The van der Waals surface area contributed by atoms with E-state index in [4.69, 9.17) is 23.4 Å². The predicted octanol–water partition coefficient (Wildman–Crippen LogP) is 5.34. The third-order valence-corrected chi connectivity index (χ3v) is 4.79. The summed E-state index contributed by atoms with van der Waals surface area (Å²) < 4.78 is 41.5. The smallest absolute Gasteiger partial charge is 0.227 e. The number of nitrogens with zero attached hydrogens (tertiary/aromatic N) is 1. The molecule has 0 atom stereocenters. The van der Waals surface area contributed by atoms with Gasteiger partial charge in [-0.3, -0.25) is 0 Å². The summed E-state index contributed by atoms with van der Waals surface area (Å²) in [5.41, 5.74) is 3.32.